The Hall–Kier alpha value is -2.92. The SMILES string of the molecule is Cc1nc(CC(=O)NCC(c2ccccc2)c2c[nH]c3ccccc23)cs1. The molecule has 1 amide bonds. The predicted molar refractivity (Wildman–Crippen MR) is 110 cm³/mol. The molecule has 0 saturated heterocycles. The van der Waals surface area contributed by atoms with Crippen molar-refractivity contribution in [3.63, 3.8) is 0 Å². The van der Waals surface area contributed by atoms with Crippen LogP contribution in [0.4, 0.5) is 0 Å². The first-order valence-electron chi connectivity index (χ1n) is 8.99. The zero-order valence-electron chi connectivity index (χ0n) is 15.1. The average Bonchev–Trinajstić information content (AvgIpc) is 3.29. The molecular formula is C22H21N3OS. The number of rotatable bonds is 6. The number of thiazole rings is 1. The molecule has 2 aromatic heterocycles. The molecule has 4 rings (SSSR count). The second-order valence-electron chi connectivity index (χ2n) is 6.59. The zero-order valence-corrected chi connectivity index (χ0v) is 15.9. The fraction of sp³-hybridized carbons (Fsp3) is 0.182. The second-order valence-corrected chi connectivity index (χ2v) is 7.65. The number of benzene rings is 2. The monoisotopic (exact) mass is 375 g/mol. The maximum Gasteiger partial charge on any atom is 0.226 e. The van der Waals surface area contributed by atoms with Crippen LogP contribution in [-0.4, -0.2) is 22.4 Å². The van der Waals surface area contributed by atoms with Gasteiger partial charge in [0.05, 0.1) is 17.1 Å². The lowest BCUT2D eigenvalue weighted by Crippen LogP contribution is -2.30. The molecule has 2 heterocycles. The van der Waals surface area contributed by atoms with Crippen LogP contribution >= 0.6 is 11.3 Å². The van der Waals surface area contributed by atoms with Crippen LogP contribution in [0.3, 0.4) is 0 Å². The van der Waals surface area contributed by atoms with Crippen LogP contribution in [-0.2, 0) is 11.2 Å². The van der Waals surface area contributed by atoms with Crippen LogP contribution in [0, 0.1) is 6.92 Å². The van der Waals surface area contributed by atoms with Gasteiger partial charge >= 0.3 is 0 Å². The number of nitrogens with one attached hydrogen (secondary N) is 2. The molecule has 0 aliphatic heterocycles. The summed E-state index contributed by atoms with van der Waals surface area (Å²) in [6.07, 6.45) is 2.37. The van der Waals surface area contributed by atoms with Crippen molar-refractivity contribution in [3.8, 4) is 0 Å². The molecule has 0 fully saturated rings. The zero-order chi connectivity index (χ0) is 18.6. The minimum absolute atomic E-state index is 0.000993. The lowest BCUT2D eigenvalue weighted by Gasteiger charge is -2.18. The third kappa shape index (κ3) is 3.93. The van der Waals surface area contributed by atoms with Crippen molar-refractivity contribution < 1.29 is 4.79 Å². The molecule has 4 aromatic rings. The number of aryl methyl sites for hydroxylation is 1. The largest absolute Gasteiger partial charge is 0.361 e. The third-order valence-electron chi connectivity index (χ3n) is 4.71. The van der Waals surface area contributed by atoms with Crippen LogP contribution in [0.5, 0.6) is 0 Å². The highest BCUT2D eigenvalue weighted by atomic mass is 32.1. The predicted octanol–water partition coefficient (Wildman–Crippen LogP) is 4.42. The van der Waals surface area contributed by atoms with Crippen molar-refractivity contribution in [2.24, 2.45) is 0 Å². The van der Waals surface area contributed by atoms with Gasteiger partial charge < -0.3 is 10.3 Å². The third-order valence-corrected chi connectivity index (χ3v) is 5.53. The van der Waals surface area contributed by atoms with Gasteiger partial charge in [-0.2, -0.15) is 0 Å². The number of H-pyrrole nitrogens is 1. The number of para-hydroxylation sites is 1. The van der Waals surface area contributed by atoms with Gasteiger partial charge in [0.25, 0.3) is 0 Å². The summed E-state index contributed by atoms with van der Waals surface area (Å²) in [6, 6.07) is 18.6. The van der Waals surface area contributed by atoms with Crippen LogP contribution in [0.2, 0.25) is 0 Å². The maximum atomic E-state index is 12.4. The van der Waals surface area contributed by atoms with Crippen molar-refractivity contribution in [1.29, 1.82) is 0 Å². The summed E-state index contributed by atoms with van der Waals surface area (Å²) >= 11 is 1.57. The van der Waals surface area contributed by atoms with E-state index in [-0.39, 0.29) is 11.8 Å². The van der Waals surface area contributed by atoms with Gasteiger partial charge in [0.1, 0.15) is 0 Å². The number of aromatic nitrogens is 2. The molecule has 2 aromatic carbocycles. The summed E-state index contributed by atoms with van der Waals surface area (Å²) in [5.41, 5.74) is 4.32. The fourth-order valence-corrected chi connectivity index (χ4v) is 4.02. The van der Waals surface area contributed by atoms with E-state index in [9.17, 15) is 4.79 Å². The molecule has 27 heavy (non-hydrogen) atoms. The van der Waals surface area contributed by atoms with Crippen molar-refractivity contribution in [1.82, 2.24) is 15.3 Å². The topological polar surface area (TPSA) is 57.8 Å². The molecule has 136 valence electrons. The smallest absolute Gasteiger partial charge is 0.226 e. The lowest BCUT2D eigenvalue weighted by molar-refractivity contribution is -0.120. The molecule has 0 saturated carbocycles. The Bertz CT molecular complexity index is 1050. The van der Waals surface area contributed by atoms with Gasteiger partial charge in [-0.3, -0.25) is 4.79 Å². The standard InChI is InChI=1S/C22H21N3OS/c1-15-25-17(14-27-15)11-22(26)24-12-19(16-7-3-2-4-8-16)20-13-23-21-10-6-5-9-18(20)21/h2-10,13-14,19,23H,11-12H2,1H3,(H,24,26). The van der Waals surface area contributed by atoms with Crippen LogP contribution in [0.1, 0.15) is 27.7 Å². The van der Waals surface area contributed by atoms with Gasteiger partial charge in [0, 0.05) is 34.9 Å². The van der Waals surface area contributed by atoms with E-state index < -0.39 is 0 Å². The Labute approximate surface area is 162 Å². The van der Waals surface area contributed by atoms with E-state index in [2.05, 4.69) is 45.7 Å². The van der Waals surface area contributed by atoms with Gasteiger partial charge in [-0.1, -0.05) is 48.5 Å². The van der Waals surface area contributed by atoms with E-state index in [4.69, 9.17) is 0 Å². The van der Waals surface area contributed by atoms with Crippen molar-refractivity contribution >= 4 is 28.1 Å². The number of carbonyl (C=O) groups is 1. The minimum atomic E-state index is 0.000993. The molecule has 0 aliphatic carbocycles. The fourth-order valence-electron chi connectivity index (χ4n) is 3.41. The molecule has 4 nitrogen and oxygen atoms in total. The second kappa shape index (κ2) is 7.76. The number of carbonyl (C=O) groups excluding carboxylic acids is 1. The number of nitrogens with zero attached hydrogens (tertiary/aromatic N) is 1. The maximum absolute atomic E-state index is 12.4. The molecule has 5 heteroatoms. The molecule has 1 unspecified atom stereocenters. The van der Waals surface area contributed by atoms with Gasteiger partial charge in [-0.05, 0) is 24.1 Å². The van der Waals surface area contributed by atoms with Crippen LogP contribution in [0.25, 0.3) is 10.9 Å². The Kier molecular flexibility index (Phi) is 5.03. The molecule has 2 N–H and O–H groups in total. The van der Waals surface area contributed by atoms with Crippen molar-refractivity contribution in [3.05, 3.63) is 88.0 Å². The molecule has 0 aliphatic rings. The number of hydrogen-bond acceptors (Lipinski definition) is 3. The molecule has 0 spiro atoms. The summed E-state index contributed by atoms with van der Waals surface area (Å²) in [5.74, 6) is 0.0875. The summed E-state index contributed by atoms with van der Waals surface area (Å²) in [6.45, 7) is 2.50. The van der Waals surface area contributed by atoms with E-state index >= 15 is 0 Å². The highest BCUT2D eigenvalue weighted by Gasteiger charge is 2.19. The quantitative estimate of drug-likeness (QED) is 0.524. The van der Waals surface area contributed by atoms with E-state index in [0.717, 1.165) is 16.2 Å². The lowest BCUT2D eigenvalue weighted by atomic mass is 9.91. The van der Waals surface area contributed by atoms with E-state index in [1.165, 1.54) is 16.5 Å². The van der Waals surface area contributed by atoms with Crippen LogP contribution in [0.15, 0.2) is 66.2 Å². The average molecular weight is 375 g/mol. The summed E-state index contributed by atoms with van der Waals surface area (Å²) in [5, 5.41) is 7.23. The Morgan fingerprint density at radius 2 is 1.93 bits per heavy atom. The number of amides is 1. The van der Waals surface area contributed by atoms with Gasteiger partial charge in [-0.25, -0.2) is 4.98 Å². The first-order valence-corrected chi connectivity index (χ1v) is 9.87. The van der Waals surface area contributed by atoms with Gasteiger partial charge in [0.15, 0.2) is 0 Å². The van der Waals surface area contributed by atoms with E-state index in [1.54, 1.807) is 11.3 Å². The minimum Gasteiger partial charge on any atom is -0.361 e. The number of hydrogen-bond donors (Lipinski definition) is 2. The van der Waals surface area contributed by atoms with E-state index in [0.29, 0.717) is 13.0 Å². The number of fused-ring (bicyclic) bond motifs is 1. The van der Waals surface area contributed by atoms with Crippen LogP contribution < -0.4 is 5.32 Å². The normalized spacial score (nSPS) is 12.2. The Morgan fingerprint density at radius 1 is 1.15 bits per heavy atom. The first-order chi connectivity index (χ1) is 13.2. The molecular weight excluding hydrogens is 354 g/mol. The number of aromatic amines is 1. The van der Waals surface area contributed by atoms with Crippen molar-refractivity contribution in [2.45, 2.75) is 19.3 Å². The highest BCUT2D eigenvalue weighted by Crippen LogP contribution is 2.30. The molecule has 0 bridgehead atoms. The Morgan fingerprint density at radius 3 is 2.70 bits per heavy atom. The van der Waals surface area contributed by atoms with Gasteiger partial charge in [-0.15, -0.1) is 11.3 Å². The summed E-state index contributed by atoms with van der Waals surface area (Å²) < 4.78 is 0. The van der Waals surface area contributed by atoms with E-state index in [1.807, 2.05) is 42.6 Å². The molecule has 1 atom stereocenters. The summed E-state index contributed by atoms with van der Waals surface area (Å²) in [7, 11) is 0. The van der Waals surface area contributed by atoms with Crippen molar-refractivity contribution in [2.75, 3.05) is 6.54 Å². The summed E-state index contributed by atoms with van der Waals surface area (Å²) in [4.78, 5) is 20.2. The highest BCUT2D eigenvalue weighted by molar-refractivity contribution is 7.09. The first kappa shape index (κ1) is 17.5. The molecule has 0 radical (unpaired) electrons. The Balaban J connectivity index is 1.56. The van der Waals surface area contributed by atoms with Gasteiger partial charge in [0.2, 0.25) is 5.91 Å².